The number of carbonyl (C=O) groups is 1. The molecule has 0 aromatic rings. The van der Waals surface area contributed by atoms with Crippen molar-refractivity contribution in [2.45, 2.75) is 96.8 Å². The summed E-state index contributed by atoms with van der Waals surface area (Å²) in [6.07, 6.45) is 29.3. The van der Waals surface area contributed by atoms with E-state index < -0.39 is 5.97 Å². The second kappa shape index (κ2) is 19.7. The molecule has 0 spiro atoms. The number of rotatable bonds is 17. The van der Waals surface area contributed by atoms with Crippen LogP contribution in [0.4, 0.5) is 0 Å². The Balaban J connectivity index is 3.20. The third kappa shape index (κ3) is 20.7. The summed E-state index contributed by atoms with van der Waals surface area (Å²) in [6.45, 7) is 2.17. The first-order valence-electron chi connectivity index (χ1n) is 9.94. The lowest BCUT2D eigenvalue weighted by Crippen LogP contribution is -1.93. The molecule has 0 radical (unpaired) electrons. The van der Waals surface area contributed by atoms with Crippen LogP contribution in [0, 0.1) is 0 Å². The summed E-state index contributed by atoms with van der Waals surface area (Å²) < 4.78 is 0. The molecule has 0 aliphatic heterocycles. The van der Waals surface area contributed by atoms with E-state index in [2.05, 4.69) is 43.4 Å². The van der Waals surface area contributed by atoms with Gasteiger partial charge in [0.2, 0.25) is 0 Å². The highest BCUT2D eigenvalue weighted by atomic mass is 16.4. The largest absolute Gasteiger partial charge is 0.481 e. The summed E-state index contributed by atoms with van der Waals surface area (Å²) in [5, 5.41) is 8.54. The van der Waals surface area contributed by atoms with Gasteiger partial charge in [-0.3, -0.25) is 4.79 Å². The van der Waals surface area contributed by atoms with Gasteiger partial charge in [-0.15, -0.1) is 0 Å². The number of unbranched alkanes of at least 4 members (excludes halogenated alkanes) is 9. The lowest BCUT2D eigenvalue weighted by atomic mass is 10.1. The minimum absolute atomic E-state index is 0.324. The van der Waals surface area contributed by atoms with Crippen LogP contribution in [-0.2, 0) is 4.79 Å². The SMILES string of the molecule is CC/C=C\CC/C=C/CCCC/C=C/CCCCCCCC(=O)O. The zero-order valence-electron chi connectivity index (χ0n) is 15.7. The maximum Gasteiger partial charge on any atom is 0.303 e. The Labute approximate surface area is 149 Å². The van der Waals surface area contributed by atoms with E-state index in [9.17, 15) is 4.79 Å². The van der Waals surface area contributed by atoms with Crippen LogP contribution < -0.4 is 0 Å². The maximum atomic E-state index is 10.4. The molecule has 0 saturated heterocycles. The Morgan fingerprint density at radius 1 is 0.625 bits per heavy atom. The van der Waals surface area contributed by atoms with Gasteiger partial charge in [0.15, 0.2) is 0 Å². The first kappa shape index (κ1) is 22.7. The molecule has 0 aliphatic rings. The Hall–Kier alpha value is -1.31. The van der Waals surface area contributed by atoms with E-state index in [-0.39, 0.29) is 0 Å². The third-order valence-electron chi connectivity index (χ3n) is 3.99. The Kier molecular flexibility index (Phi) is 18.7. The zero-order valence-corrected chi connectivity index (χ0v) is 15.7. The minimum atomic E-state index is -0.669. The first-order valence-corrected chi connectivity index (χ1v) is 9.94. The van der Waals surface area contributed by atoms with Gasteiger partial charge in [-0.1, -0.05) is 62.6 Å². The minimum Gasteiger partial charge on any atom is -0.481 e. The van der Waals surface area contributed by atoms with Crippen LogP contribution in [0.5, 0.6) is 0 Å². The lowest BCUT2D eigenvalue weighted by Gasteiger charge is -1.98. The quantitative estimate of drug-likeness (QED) is 0.225. The molecular weight excluding hydrogens is 296 g/mol. The molecule has 2 heteroatoms. The standard InChI is InChI=1S/C22H38O2/c1-2-3-4-5-6-7-8-9-10-11-12-13-14-15-16-17-18-19-20-21-22(23)24/h3-4,7-8,13-14H,2,5-6,9-12,15-21H2,1H3,(H,23,24)/b4-3-,8-7+,14-13+. The molecule has 1 N–H and O–H groups in total. The van der Waals surface area contributed by atoms with Crippen molar-refractivity contribution in [1.29, 1.82) is 0 Å². The Morgan fingerprint density at radius 2 is 1.04 bits per heavy atom. The topological polar surface area (TPSA) is 37.3 Å². The molecule has 0 heterocycles. The van der Waals surface area contributed by atoms with Crippen LogP contribution in [0.2, 0.25) is 0 Å². The van der Waals surface area contributed by atoms with Crippen molar-refractivity contribution >= 4 is 5.97 Å². The van der Waals surface area contributed by atoms with E-state index in [1.54, 1.807) is 0 Å². The normalized spacial score (nSPS) is 12.0. The predicted octanol–water partition coefficient (Wildman–Crippen LogP) is 7.22. The molecule has 0 unspecified atom stereocenters. The number of carboxylic acids is 1. The van der Waals surface area contributed by atoms with Crippen LogP contribution in [0.15, 0.2) is 36.5 Å². The fourth-order valence-corrected chi connectivity index (χ4v) is 2.54. The number of hydrogen-bond acceptors (Lipinski definition) is 1. The summed E-state index contributed by atoms with van der Waals surface area (Å²) in [7, 11) is 0. The van der Waals surface area contributed by atoms with Gasteiger partial charge < -0.3 is 5.11 Å². The van der Waals surface area contributed by atoms with E-state index in [1.165, 1.54) is 64.2 Å². The van der Waals surface area contributed by atoms with E-state index >= 15 is 0 Å². The fraction of sp³-hybridized carbons (Fsp3) is 0.682. The molecule has 0 aliphatic carbocycles. The molecule has 0 saturated carbocycles. The van der Waals surface area contributed by atoms with Crippen LogP contribution >= 0.6 is 0 Å². The van der Waals surface area contributed by atoms with Crippen molar-refractivity contribution < 1.29 is 9.90 Å². The van der Waals surface area contributed by atoms with Crippen molar-refractivity contribution in [1.82, 2.24) is 0 Å². The van der Waals surface area contributed by atoms with Gasteiger partial charge in [0.25, 0.3) is 0 Å². The van der Waals surface area contributed by atoms with Crippen LogP contribution in [-0.4, -0.2) is 11.1 Å². The van der Waals surface area contributed by atoms with E-state index in [0.29, 0.717) is 6.42 Å². The zero-order chi connectivity index (χ0) is 17.7. The molecule has 0 bridgehead atoms. The van der Waals surface area contributed by atoms with Gasteiger partial charge in [-0.2, -0.15) is 0 Å². The van der Waals surface area contributed by atoms with E-state index in [4.69, 9.17) is 5.11 Å². The van der Waals surface area contributed by atoms with Gasteiger partial charge in [0.1, 0.15) is 0 Å². The van der Waals surface area contributed by atoms with Crippen molar-refractivity contribution in [2.75, 3.05) is 0 Å². The van der Waals surface area contributed by atoms with Gasteiger partial charge in [-0.25, -0.2) is 0 Å². The van der Waals surface area contributed by atoms with Crippen molar-refractivity contribution in [3.05, 3.63) is 36.5 Å². The molecule has 24 heavy (non-hydrogen) atoms. The van der Waals surface area contributed by atoms with Crippen LogP contribution in [0.3, 0.4) is 0 Å². The molecule has 2 nitrogen and oxygen atoms in total. The highest BCUT2D eigenvalue weighted by Crippen LogP contribution is 2.08. The molecule has 138 valence electrons. The number of aliphatic carboxylic acids is 1. The number of allylic oxidation sites excluding steroid dienone is 6. The molecule has 0 rings (SSSR count). The molecule has 0 fully saturated rings. The summed E-state index contributed by atoms with van der Waals surface area (Å²) in [5.41, 5.74) is 0. The molecule has 0 aromatic heterocycles. The van der Waals surface area contributed by atoms with E-state index in [1.807, 2.05) is 0 Å². The van der Waals surface area contributed by atoms with Crippen LogP contribution in [0.25, 0.3) is 0 Å². The highest BCUT2D eigenvalue weighted by molar-refractivity contribution is 5.66. The average molecular weight is 335 g/mol. The molecule has 0 atom stereocenters. The fourth-order valence-electron chi connectivity index (χ4n) is 2.54. The second-order valence-corrected chi connectivity index (χ2v) is 6.38. The summed E-state index contributed by atoms with van der Waals surface area (Å²) >= 11 is 0. The monoisotopic (exact) mass is 334 g/mol. The highest BCUT2D eigenvalue weighted by Gasteiger charge is 1.95. The smallest absolute Gasteiger partial charge is 0.303 e. The average Bonchev–Trinajstić information content (AvgIpc) is 2.56. The van der Waals surface area contributed by atoms with Gasteiger partial charge >= 0.3 is 5.97 Å². The molecule has 0 amide bonds. The number of carboxylic acid groups (broad SMARTS) is 1. The van der Waals surface area contributed by atoms with Crippen molar-refractivity contribution in [3.63, 3.8) is 0 Å². The van der Waals surface area contributed by atoms with Gasteiger partial charge in [-0.05, 0) is 64.2 Å². The van der Waals surface area contributed by atoms with Crippen molar-refractivity contribution in [2.24, 2.45) is 0 Å². The van der Waals surface area contributed by atoms with Crippen molar-refractivity contribution in [3.8, 4) is 0 Å². The lowest BCUT2D eigenvalue weighted by molar-refractivity contribution is -0.137. The second-order valence-electron chi connectivity index (χ2n) is 6.38. The molecular formula is C22H38O2. The predicted molar refractivity (Wildman–Crippen MR) is 105 cm³/mol. The van der Waals surface area contributed by atoms with E-state index in [0.717, 1.165) is 19.3 Å². The Morgan fingerprint density at radius 3 is 1.58 bits per heavy atom. The summed E-state index contributed by atoms with van der Waals surface area (Å²) in [4.78, 5) is 10.4. The Bertz CT molecular complexity index is 353. The summed E-state index contributed by atoms with van der Waals surface area (Å²) in [5.74, 6) is -0.669. The molecule has 0 aromatic carbocycles. The summed E-state index contributed by atoms with van der Waals surface area (Å²) in [6, 6.07) is 0. The first-order chi connectivity index (χ1) is 11.8. The van der Waals surface area contributed by atoms with Gasteiger partial charge in [0.05, 0.1) is 0 Å². The third-order valence-corrected chi connectivity index (χ3v) is 3.99. The van der Waals surface area contributed by atoms with Crippen LogP contribution in [0.1, 0.15) is 96.8 Å². The van der Waals surface area contributed by atoms with Gasteiger partial charge in [0, 0.05) is 6.42 Å². The number of hydrogen-bond donors (Lipinski definition) is 1. The maximum absolute atomic E-state index is 10.4.